The molecule has 0 spiro atoms. The number of allylic oxidation sites excluding steroid dienone is 1. The first-order chi connectivity index (χ1) is 9.95. The first-order valence-electron chi connectivity index (χ1n) is 6.54. The predicted molar refractivity (Wildman–Crippen MR) is 80.9 cm³/mol. The van der Waals surface area contributed by atoms with Gasteiger partial charge in [0, 0.05) is 20.6 Å². The molecule has 0 fully saturated rings. The molecular formula is C13H16N6O2. The van der Waals surface area contributed by atoms with Gasteiger partial charge in [0.15, 0.2) is 11.2 Å². The second-order valence-corrected chi connectivity index (χ2v) is 5.08. The summed E-state index contributed by atoms with van der Waals surface area (Å²) in [5.41, 5.74) is 0.901. The summed E-state index contributed by atoms with van der Waals surface area (Å²) in [5, 5.41) is 5.93. The summed E-state index contributed by atoms with van der Waals surface area (Å²) >= 11 is 0. The summed E-state index contributed by atoms with van der Waals surface area (Å²) in [6, 6.07) is 0. The number of hydrogen-bond acceptors (Lipinski definition) is 5. The van der Waals surface area contributed by atoms with Crippen molar-refractivity contribution in [2.75, 3.05) is 12.1 Å². The summed E-state index contributed by atoms with van der Waals surface area (Å²) in [7, 11) is 3.37. The van der Waals surface area contributed by atoms with Crippen LogP contribution in [0, 0.1) is 0 Å². The Morgan fingerprint density at radius 2 is 2.05 bits per heavy atom. The Bertz CT molecular complexity index is 898. The largest absolute Gasteiger partial charge is 0.332 e. The predicted octanol–water partition coefficient (Wildman–Crippen LogP) is -0.0916. The zero-order valence-corrected chi connectivity index (χ0v) is 12.2. The van der Waals surface area contributed by atoms with Gasteiger partial charge in [-0.3, -0.25) is 18.5 Å². The van der Waals surface area contributed by atoms with Gasteiger partial charge in [-0.15, -0.1) is 6.58 Å². The minimum absolute atomic E-state index is 0.171. The molecule has 0 atom stereocenters. The molecule has 0 amide bonds. The lowest BCUT2D eigenvalue weighted by atomic mass is 10.4. The zero-order valence-electron chi connectivity index (χ0n) is 12.2. The Hall–Kier alpha value is -2.64. The van der Waals surface area contributed by atoms with Crippen LogP contribution >= 0.6 is 0 Å². The molecular weight excluding hydrogens is 272 g/mol. The number of hydrogen-bond donors (Lipinski definition) is 0. The smallest absolute Gasteiger partial charge is 0.297 e. The fourth-order valence-corrected chi connectivity index (χ4v) is 2.61. The molecule has 0 aliphatic carbocycles. The van der Waals surface area contributed by atoms with Crippen LogP contribution in [-0.4, -0.2) is 31.4 Å². The third-order valence-electron chi connectivity index (χ3n) is 3.52. The van der Waals surface area contributed by atoms with Crippen LogP contribution in [0.25, 0.3) is 11.2 Å². The molecule has 110 valence electrons. The van der Waals surface area contributed by atoms with Gasteiger partial charge in [-0.1, -0.05) is 6.08 Å². The maximum absolute atomic E-state index is 12.6. The summed E-state index contributed by atoms with van der Waals surface area (Å²) in [5.74, 6) is 0.555. The molecule has 0 bridgehead atoms. The minimum atomic E-state index is -0.400. The van der Waals surface area contributed by atoms with E-state index in [9.17, 15) is 9.59 Å². The second-order valence-electron chi connectivity index (χ2n) is 5.08. The average molecular weight is 288 g/mol. The van der Waals surface area contributed by atoms with Crippen molar-refractivity contribution in [1.82, 2.24) is 18.7 Å². The van der Waals surface area contributed by atoms with Crippen LogP contribution in [0.1, 0.15) is 6.92 Å². The number of fused-ring (bicyclic) bond motifs is 3. The monoisotopic (exact) mass is 288 g/mol. The fraction of sp³-hybridized carbons (Fsp3) is 0.385. The van der Waals surface area contributed by atoms with Crippen LogP contribution < -0.4 is 16.3 Å². The van der Waals surface area contributed by atoms with Crippen LogP contribution in [0.4, 0.5) is 5.95 Å². The number of nitrogens with zero attached hydrogens (tertiary/aromatic N) is 6. The molecule has 8 nitrogen and oxygen atoms in total. The van der Waals surface area contributed by atoms with Crippen LogP contribution in [-0.2, 0) is 20.1 Å². The van der Waals surface area contributed by atoms with E-state index in [1.54, 1.807) is 23.7 Å². The van der Waals surface area contributed by atoms with E-state index in [2.05, 4.69) is 16.7 Å². The van der Waals surface area contributed by atoms with Crippen molar-refractivity contribution in [3.05, 3.63) is 33.5 Å². The van der Waals surface area contributed by atoms with Gasteiger partial charge in [0.2, 0.25) is 5.95 Å². The SMILES string of the molecule is C=CCn1c(=O)c2c(nc3n2CC(C)=NN3C)n(C)c1=O. The minimum Gasteiger partial charge on any atom is -0.297 e. The normalized spacial score (nSPS) is 14.2. The fourth-order valence-electron chi connectivity index (χ4n) is 2.61. The maximum atomic E-state index is 12.6. The van der Waals surface area contributed by atoms with E-state index in [1.165, 1.54) is 10.6 Å². The highest BCUT2D eigenvalue weighted by Gasteiger charge is 2.24. The van der Waals surface area contributed by atoms with E-state index >= 15 is 0 Å². The van der Waals surface area contributed by atoms with Gasteiger partial charge >= 0.3 is 5.69 Å². The molecule has 0 unspecified atom stereocenters. The highest BCUT2D eigenvalue weighted by molar-refractivity contribution is 5.87. The highest BCUT2D eigenvalue weighted by Crippen LogP contribution is 2.21. The summed E-state index contributed by atoms with van der Waals surface area (Å²) in [6.45, 7) is 6.13. The third-order valence-corrected chi connectivity index (χ3v) is 3.52. The Kier molecular flexibility index (Phi) is 2.82. The van der Waals surface area contributed by atoms with Crippen molar-refractivity contribution in [3.8, 4) is 0 Å². The topological polar surface area (TPSA) is 77.4 Å². The standard InChI is InChI=1S/C13H16N6O2/c1-5-6-18-11(20)9-10(16(3)13(18)21)14-12-17(4)15-8(2)7-19(9)12/h5H,1,6-7H2,2-4H3. The van der Waals surface area contributed by atoms with Gasteiger partial charge in [0.25, 0.3) is 5.56 Å². The molecule has 2 aromatic heterocycles. The molecule has 0 saturated carbocycles. The van der Waals surface area contributed by atoms with Crippen LogP contribution in [0.3, 0.4) is 0 Å². The molecule has 2 aromatic rings. The molecule has 21 heavy (non-hydrogen) atoms. The van der Waals surface area contributed by atoms with Crippen LogP contribution in [0.15, 0.2) is 27.3 Å². The van der Waals surface area contributed by atoms with Crippen molar-refractivity contribution < 1.29 is 0 Å². The van der Waals surface area contributed by atoms with E-state index in [1.807, 2.05) is 6.92 Å². The van der Waals surface area contributed by atoms with Gasteiger partial charge in [-0.05, 0) is 6.92 Å². The Balaban J connectivity index is 2.46. The van der Waals surface area contributed by atoms with Gasteiger partial charge in [-0.25, -0.2) is 9.80 Å². The number of anilines is 1. The lowest BCUT2D eigenvalue weighted by Gasteiger charge is -2.20. The van der Waals surface area contributed by atoms with Crippen molar-refractivity contribution in [3.63, 3.8) is 0 Å². The van der Waals surface area contributed by atoms with E-state index < -0.39 is 5.69 Å². The van der Waals surface area contributed by atoms with Gasteiger partial charge in [0.1, 0.15) is 0 Å². The van der Waals surface area contributed by atoms with Crippen molar-refractivity contribution in [1.29, 1.82) is 0 Å². The number of imidazole rings is 1. The number of aromatic nitrogens is 4. The van der Waals surface area contributed by atoms with Crippen molar-refractivity contribution in [2.45, 2.75) is 20.0 Å². The van der Waals surface area contributed by atoms with Gasteiger partial charge < -0.3 is 0 Å². The molecule has 0 saturated heterocycles. The Morgan fingerprint density at radius 1 is 1.33 bits per heavy atom. The van der Waals surface area contributed by atoms with E-state index in [0.717, 1.165) is 10.3 Å². The number of hydrazone groups is 1. The molecule has 0 aromatic carbocycles. The molecule has 0 radical (unpaired) electrons. The first-order valence-corrected chi connectivity index (χ1v) is 6.54. The summed E-state index contributed by atoms with van der Waals surface area (Å²) in [6.07, 6.45) is 1.53. The Morgan fingerprint density at radius 3 is 2.71 bits per heavy atom. The quantitative estimate of drug-likeness (QED) is 0.724. The third kappa shape index (κ3) is 1.75. The number of rotatable bonds is 2. The molecule has 1 aliphatic rings. The molecule has 3 rings (SSSR count). The molecule has 1 aliphatic heterocycles. The number of aryl methyl sites for hydroxylation is 1. The van der Waals surface area contributed by atoms with Crippen LogP contribution in [0.5, 0.6) is 0 Å². The Labute approximate surface area is 120 Å². The summed E-state index contributed by atoms with van der Waals surface area (Å²) in [4.78, 5) is 29.3. The maximum Gasteiger partial charge on any atom is 0.332 e. The zero-order chi connectivity index (χ0) is 15.3. The molecule has 0 N–H and O–H groups in total. The average Bonchev–Trinajstić information content (AvgIpc) is 2.81. The van der Waals surface area contributed by atoms with E-state index in [4.69, 9.17) is 0 Å². The van der Waals surface area contributed by atoms with E-state index in [0.29, 0.717) is 23.7 Å². The van der Waals surface area contributed by atoms with Crippen molar-refractivity contribution in [2.24, 2.45) is 12.1 Å². The highest BCUT2D eigenvalue weighted by atomic mass is 16.2. The lowest BCUT2D eigenvalue weighted by molar-refractivity contribution is 0.664. The molecule has 8 heteroatoms. The van der Waals surface area contributed by atoms with Crippen LogP contribution in [0.2, 0.25) is 0 Å². The van der Waals surface area contributed by atoms with Gasteiger partial charge in [-0.2, -0.15) is 10.1 Å². The molecule has 3 heterocycles. The second kappa shape index (κ2) is 4.44. The first kappa shape index (κ1) is 13.3. The van der Waals surface area contributed by atoms with E-state index in [-0.39, 0.29) is 12.1 Å². The van der Waals surface area contributed by atoms with Gasteiger partial charge in [0.05, 0.1) is 12.3 Å². The lowest BCUT2D eigenvalue weighted by Crippen LogP contribution is -2.39. The van der Waals surface area contributed by atoms with Crippen molar-refractivity contribution >= 4 is 22.8 Å². The summed E-state index contributed by atoms with van der Waals surface area (Å²) < 4.78 is 4.33.